The van der Waals surface area contributed by atoms with Crippen LogP contribution < -0.4 is 5.73 Å². The smallest absolute Gasteiger partial charge is 0.330 e. The van der Waals surface area contributed by atoms with Crippen LogP contribution >= 0.6 is 12.4 Å². The number of alkyl halides is 3. The number of hydrogen-bond acceptors (Lipinski definition) is 2. The number of hydrogen-bond donors (Lipinski definition) is 1. The van der Waals surface area contributed by atoms with E-state index in [2.05, 4.69) is 4.90 Å². The van der Waals surface area contributed by atoms with Gasteiger partial charge in [-0.15, -0.1) is 12.4 Å². The zero-order valence-electron chi connectivity index (χ0n) is 11.4. The fraction of sp³-hybridized carbons (Fsp3) is 0.571. The highest BCUT2D eigenvalue weighted by Crippen LogP contribution is 2.31. The fourth-order valence-corrected chi connectivity index (χ4v) is 2.54. The SMILES string of the molecule is Cc1cc(C(F)(F)F)ccc1CN1CCC(CN)C1.Cl. The van der Waals surface area contributed by atoms with E-state index in [-0.39, 0.29) is 12.4 Å². The van der Waals surface area contributed by atoms with Gasteiger partial charge in [0.2, 0.25) is 0 Å². The molecule has 1 unspecified atom stereocenters. The van der Waals surface area contributed by atoms with Gasteiger partial charge in [0.15, 0.2) is 0 Å². The van der Waals surface area contributed by atoms with E-state index in [1.807, 2.05) is 0 Å². The summed E-state index contributed by atoms with van der Waals surface area (Å²) in [5, 5.41) is 0. The summed E-state index contributed by atoms with van der Waals surface area (Å²) in [6.45, 7) is 5.04. The Morgan fingerprint density at radius 2 is 2.05 bits per heavy atom. The third-order valence-electron chi connectivity index (χ3n) is 3.77. The Balaban J connectivity index is 0.00000200. The molecule has 20 heavy (non-hydrogen) atoms. The second-order valence-corrected chi connectivity index (χ2v) is 5.26. The van der Waals surface area contributed by atoms with Gasteiger partial charge in [-0.3, -0.25) is 4.90 Å². The minimum Gasteiger partial charge on any atom is -0.330 e. The van der Waals surface area contributed by atoms with Gasteiger partial charge in [0.1, 0.15) is 0 Å². The molecule has 2 nitrogen and oxygen atoms in total. The molecule has 1 saturated heterocycles. The maximum absolute atomic E-state index is 12.6. The van der Waals surface area contributed by atoms with E-state index in [1.165, 1.54) is 12.1 Å². The second-order valence-electron chi connectivity index (χ2n) is 5.26. The first-order chi connectivity index (χ1) is 8.90. The molecule has 1 aliphatic heterocycles. The van der Waals surface area contributed by atoms with E-state index in [0.29, 0.717) is 24.6 Å². The first kappa shape index (κ1) is 17.3. The first-order valence-corrected chi connectivity index (χ1v) is 6.49. The van der Waals surface area contributed by atoms with Crippen LogP contribution in [-0.4, -0.2) is 24.5 Å². The second kappa shape index (κ2) is 6.78. The number of benzene rings is 1. The number of rotatable bonds is 3. The molecule has 1 fully saturated rings. The van der Waals surface area contributed by atoms with E-state index in [1.54, 1.807) is 13.0 Å². The third-order valence-corrected chi connectivity index (χ3v) is 3.77. The quantitative estimate of drug-likeness (QED) is 0.929. The fourth-order valence-electron chi connectivity index (χ4n) is 2.54. The Hall–Kier alpha value is -0.780. The van der Waals surface area contributed by atoms with Crippen LogP contribution in [0.25, 0.3) is 0 Å². The molecule has 1 aliphatic rings. The lowest BCUT2D eigenvalue weighted by molar-refractivity contribution is -0.137. The molecule has 1 heterocycles. The molecule has 1 aromatic rings. The standard InChI is InChI=1S/C14H19F3N2.ClH/c1-10-6-13(14(15,16)17)3-2-12(10)9-19-5-4-11(7-18)8-19;/h2-3,6,11H,4-5,7-9,18H2,1H3;1H. The number of halogens is 4. The zero-order valence-corrected chi connectivity index (χ0v) is 12.2. The van der Waals surface area contributed by atoms with Gasteiger partial charge in [-0.2, -0.15) is 13.2 Å². The Labute approximate surface area is 123 Å². The van der Waals surface area contributed by atoms with Crippen LogP contribution in [0.4, 0.5) is 13.2 Å². The van der Waals surface area contributed by atoms with Crippen molar-refractivity contribution in [1.82, 2.24) is 4.90 Å². The molecule has 0 bridgehead atoms. The van der Waals surface area contributed by atoms with Crippen LogP contribution in [0, 0.1) is 12.8 Å². The van der Waals surface area contributed by atoms with Gasteiger partial charge < -0.3 is 5.73 Å². The minimum atomic E-state index is -4.26. The normalized spacial score (nSPS) is 19.9. The van der Waals surface area contributed by atoms with E-state index in [0.717, 1.165) is 25.1 Å². The molecule has 2 N–H and O–H groups in total. The topological polar surface area (TPSA) is 29.3 Å². The lowest BCUT2D eigenvalue weighted by Crippen LogP contribution is -2.23. The number of nitrogens with two attached hydrogens (primary N) is 1. The van der Waals surface area contributed by atoms with Crippen molar-refractivity contribution in [3.63, 3.8) is 0 Å². The zero-order chi connectivity index (χ0) is 14.0. The molecular weight excluding hydrogens is 289 g/mol. The van der Waals surface area contributed by atoms with Gasteiger partial charge in [-0.1, -0.05) is 6.07 Å². The van der Waals surface area contributed by atoms with Crippen molar-refractivity contribution in [2.75, 3.05) is 19.6 Å². The highest BCUT2D eigenvalue weighted by Gasteiger charge is 2.30. The van der Waals surface area contributed by atoms with Crippen LogP contribution in [0.3, 0.4) is 0 Å². The van der Waals surface area contributed by atoms with Crippen molar-refractivity contribution in [2.45, 2.75) is 26.1 Å². The van der Waals surface area contributed by atoms with Crippen LogP contribution in [0.15, 0.2) is 18.2 Å². The number of aryl methyl sites for hydroxylation is 1. The molecule has 1 aromatic carbocycles. The number of likely N-dealkylation sites (tertiary alicyclic amines) is 1. The molecule has 0 spiro atoms. The lowest BCUT2D eigenvalue weighted by Gasteiger charge is -2.18. The van der Waals surface area contributed by atoms with E-state index in [4.69, 9.17) is 5.73 Å². The van der Waals surface area contributed by atoms with Crippen molar-refractivity contribution < 1.29 is 13.2 Å². The molecular formula is C14H20ClF3N2. The molecule has 0 radical (unpaired) electrons. The molecule has 1 atom stereocenters. The number of nitrogens with zero attached hydrogens (tertiary/aromatic N) is 1. The summed E-state index contributed by atoms with van der Waals surface area (Å²) >= 11 is 0. The largest absolute Gasteiger partial charge is 0.416 e. The molecule has 114 valence electrons. The minimum absolute atomic E-state index is 0. The highest BCUT2D eigenvalue weighted by atomic mass is 35.5. The van der Waals surface area contributed by atoms with Crippen LogP contribution in [0.2, 0.25) is 0 Å². The van der Waals surface area contributed by atoms with Crippen molar-refractivity contribution >= 4 is 12.4 Å². The predicted molar refractivity (Wildman–Crippen MR) is 75.9 cm³/mol. The van der Waals surface area contributed by atoms with Crippen molar-refractivity contribution in [3.05, 3.63) is 34.9 Å². The van der Waals surface area contributed by atoms with Crippen molar-refractivity contribution in [2.24, 2.45) is 11.7 Å². The van der Waals surface area contributed by atoms with Gasteiger partial charge in [0.05, 0.1) is 5.56 Å². The summed E-state index contributed by atoms with van der Waals surface area (Å²) in [7, 11) is 0. The molecule has 6 heteroatoms. The summed E-state index contributed by atoms with van der Waals surface area (Å²) in [6, 6.07) is 3.98. The molecule has 0 aliphatic carbocycles. The van der Waals surface area contributed by atoms with E-state index >= 15 is 0 Å². The Kier molecular flexibility index (Phi) is 5.86. The molecule has 0 saturated carbocycles. The van der Waals surface area contributed by atoms with Gasteiger partial charge >= 0.3 is 6.18 Å². The summed E-state index contributed by atoms with van der Waals surface area (Å²) in [4.78, 5) is 2.26. The maximum Gasteiger partial charge on any atom is 0.416 e. The average molecular weight is 309 g/mol. The van der Waals surface area contributed by atoms with Gasteiger partial charge in [0.25, 0.3) is 0 Å². The van der Waals surface area contributed by atoms with Crippen molar-refractivity contribution in [1.29, 1.82) is 0 Å². The van der Waals surface area contributed by atoms with E-state index in [9.17, 15) is 13.2 Å². The predicted octanol–water partition coefficient (Wildman–Crippen LogP) is 3.22. The molecule has 2 rings (SSSR count). The molecule has 0 amide bonds. The Morgan fingerprint density at radius 1 is 1.35 bits per heavy atom. The van der Waals surface area contributed by atoms with Gasteiger partial charge in [-0.25, -0.2) is 0 Å². The van der Waals surface area contributed by atoms with Crippen LogP contribution in [0.1, 0.15) is 23.1 Å². The monoisotopic (exact) mass is 308 g/mol. The van der Waals surface area contributed by atoms with E-state index < -0.39 is 11.7 Å². The third kappa shape index (κ3) is 4.11. The van der Waals surface area contributed by atoms with Crippen molar-refractivity contribution in [3.8, 4) is 0 Å². The maximum atomic E-state index is 12.6. The van der Waals surface area contributed by atoms with Crippen LogP contribution in [0.5, 0.6) is 0 Å². The summed E-state index contributed by atoms with van der Waals surface area (Å²) in [5.74, 6) is 0.523. The summed E-state index contributed by atoms with van der Waals surface area (Å²) in [5.41, 5.74) is 6.72. The first-order valence-electron chi connectivity index (χ1n) is 6.49. The van der Waals surface area contributed by atoms with Gasteiger partial charge in [0, 0.05) is 13.1 Å². The lowest BCUT2D eigenvalue weighted by atomic mass is 10.0. The highest BCUT2D eigenvalue weighted by molar-refractivity contribution is 5.85. The van der Waals surface area contributed by atoms with Gasteiger partial charge in [-0.05, 0) is 55.6 Å². The molecule has 0 aromatic heterocycles. The summed E-state index contributed by atoms with van der Waals surface area (Å²) in [6.07, 6.45) is -3.18. The Bertz CT molecular complexity index is 449. The summed E-state index contributed by atoms with van der Waals surface area (Å²) < 4.78 is 37.7. The average Bonchev–Trinajstić information content (AvgIpc) is 2.78. The van der Waals surface area contributed by atoms with Crippen LogP contribution in [-0.2, 0) is 12.7 Å². The Morgan fingerprint density at radius 3 is 2.55 bits per heavy atom.